The molecule has 1 aliphatic rings. The van der Waals surface area contributed by atoms with Gasteiger partial charge < -0.3 is 5.32 Å². The number of pyridine rings is 1. The average molecular weight is 446 g/mol. The van der Waals surface area contributed by atoms with Gasteiger partial charge >= 0.3 is 0 Å². The van der Waals surface area contributed by atoms with Crippen molar-refractivity contribution in [3.63, 3.8) is 0 Å². The van der Waals surface area contributed by atoms with Gasteiger partial charge in [0.2, 0.25) is 0 Å². The molecule has 0 bridgehead atoms. The van der Waals surface area contributed by atoms with E-state index >= 15 is 0 Å². The lowest BCUT2D eigenvalue weighted by atomic mass is 9.89. The second-order valence-corrected chi connectivity index (χ2v) is 8.87. The fourth-order valence-electron chi connectivity index (χ4n) is 4.55. The van der Waals surface area contributed by atoms with Crippen LogP contribution in [0.25, 0.3) is 0 Å². The van der Waals surface area contributed by atoms with Crippen LogP contribution in [0, 0.1) is 12.7 Å². The molecule has 1 aliphatic heterocycles. The van der Waals surface area contributed by atoms with E-state index in [-0.39, 0.29) is 17.6 Å². The zero-order valence-electron chi connectivity index (χ0n) is 19.3. The number of rotatable bonds is 8. The lowest BCUT2D eigenvalue weighted by Gasteiger charge is -2.32. The molecule has 1 aromatic heterocycles. The molecule has 0 unspecified atom stereocenters. The van der Waals surface area contributed by atoms with Crippen LogP contribution in [0.3, 0.4) is 0 Å². The first-order valence-electron chi connectivity index (χ1n) is 11.9. The number of hydrogen-bond acceptors (Lipinski definition) is 3. The fourth-order valence-corrected chi connectivity index (χ4v) is 4.55. The quantitative estimate of drug-likeness (QED) is 0.481. The number of amides is 1. The van der Waals surface area contributed by atoms with Crippen molar-refractivity contribution >= 4 is 5.91 Å². The van der Waals surface area contributed by atoms with Gasteiger partial charge in [0.05, 0.1) is 11.3 Å². The van der Waals surface area contributed by atoms with Gasteiger partial charge in [-0.25, -0.2) is 4.39 Å². The lowest BCUT2D eigenvalue weighted by molar-refractivity contribution is 0.0950. The van der Waals surface area contributed by atoms with E-state index in [1.807, 2.05) is 49.4 Å². The molecular weight excluding hydrogens is 413 g/mol. The number of hydrogen-bond donors (Lipinski definition) is 1. The zero-order chi connectivity index (χ0) is 23.0. The molecule has 0 spiro atoms. The van der Waals surface area contributed by atoms with Crippen LogP contribution in [0.1, 0.15) is 58.1 Å². The minimum Gasteiger partial charge on any atom is -0.352 e. The molecule has 1 amide bonds. The Morgan fingerprint density at radius 1 is 1.03 bits per heavy atom. The number of likely N-dealkylation sites (tertiary alicyclic amines) is 1. The van der Waals surface area contributed by atoms with Crippen LogP contribution in [0.15, 0.2) is 66.7 Å². The third kappa shape index (κ3) is 6.26. The molecule has 1 N–H and O–H groups in total. The Morgan fingerprint density at radius 2 is 1.76 bits per heavy atom. The zero-order valence-corrected chi connectivity index (χ0v) is 19.3. The predicted octanol–water partition coefficient (Wildman–Crippen LogP) is 5.27. The van der Waals surface area contributed by atoms with Crippen molar-refractivity contribution in [1.82, 2.24) is 15.2 Å². The first-order valence-corrected chi connectivity index (χ1v) is 11.9. The highest BCUT2D eigenvalue weighted by Gasteiger charge is 2.26. The number of aryl methyl sites for hydroxylation is 2. The summed E-state index contributed by atoms with van der Waals surface area (Å²) in [5.74, 6) is 0.0531. The van der Waals surface area contributed by atoms with E-state index in [9.17, 15) is 9.18 Å². The summed E-state index contributed by atoms with van der Waals surface area (Å²) in [5.41, 5.74) is 4.54. The van der Waals surface area contributed by atoms with Crippen molar-refractivity contribution in [2.75, 3.05) is 19.6 Å². The van der Waals surface area contributed by atoms with E-state index in [1.54, 1.807) is 6.07 Å². The number of halogens is 1. The number of nitrogens with one attached hydrogen (secondary N) is 1. The van der Waals surface area contributed by atoms with Crippen molar-refractivity contribution in [2.45, 2.75) is 45.1 Å². The van der Waals surface area contributed by atoms with Gasteiger partial charge in [-0.2, -0.15) is 0 Å². The van der Waals surface area contributed by atoms with Crippen molar-refractivity contribution in [1.29, 1.82) is 0 Å². The van der Waals surface area contributed by atoms with E-state index in [4.69, 9.17) is 4.98 Å². The van der Waals surface area contributed by atoms with E-state index in [2.05, 4.69) is 22.3 Å². The summed E-state index contributed by atoms with van der Waals surface area (Å²) in [6.45, 7) is 4.97. The smallest absolute Gasteiger partial charge is 0.253 e. The van der Waals surface area contributed by atoms with Crippen LogP contribution in [0.5, 0.6) is 0 Å². The maximum Gasteiger partial charge on any atom is 0.253 e. The van der Waals surface area contributed by atoms with Gasteiger partial charge in [-0.15, -0.1) is 0 Å². The molecule has 2 aromatic carbocycles. The van der Waals surface area contributed by atoms with Gasteiger partial charge in [-0.05, 0) is 69.5 Å². The van der Waals surface area contributed by atoms with Gasteiger partial charge in [-0.3, -0.25) is 14.7 Å². The average Bonchev–Trinajstić information content (AvgIpc) is 2.84. The van der Waals surface area contributed by atoms with Crippen LogP contribution in [0.4, 0.5) is 4.39 Å². The lowest BCUT2D eigenvalue weighted by Crippen LogP contribution is -2.34. The number of carbonyl (C=O) groups excluding carboxylic acids is 1. The monoisotopic (exact) mass is 445 g/mol. The molecule has 3 aromatic rings. The van der Waals surface area contributed by atoms with Gasteiger partial charge in [0.15, 0.2) is 0 Å². The minimum atomic E-state index is -0.147. The molecule has 5 heteroatoms. The largest absolute Gasteiger partial charge is 0.352 e. The highest BCUT2D eigenvalue weighted by atomic mass is 19.1. The van der Waals surface area contributed by atoms with Gasteiger partial charge in [-0.1, -0.05) is 48.5 Å². The first kappa shape index (κ1) is 23.1. The van der Waals surface area contributed by atoms with Crippen molar-refractivity contribution in [3.05, 3.63) is 101 Å². The Kier molecular flexibility index (Phi) is 7.84. The SMILES string of the molecule is Cc1ccc(C(=O)NCCCc2ccccc2)c(C2CCN(Cc3ccccc3F)CC2)n1. The number of aromatic nitrogens is 1. The Labute approximate surface area is 195 Å². The molecule has 0 radical (unpaired) electrons. The maximum atomic E-state index is 14.0. The predicted molar refractivity (Wildman–Crippen MR) is 130 cm³/mol. The third-order valence-corrected chi connectivity index (χ3v) is 6.41. The standard InChI is InChI=1S/C28H32FN3O/c1-21-13-14-25(28(33)30-17-7-10-22-8-3-2-4-9-22)27(31-21)23-15-18-32(19-16-23)20-24-11-5-6-12-26(24)29/h2-6,8-9,11-14,23H,7,10,15-20H2,1H3,(H,30,33). The first-order chi connectivity index (χ1) is 16.1. The molecule has 33 heavy (non-hydrogen) atoms. The summed E-state index contributed by atoms with van der Waals surface area (Å²) in [6, 6.07) is 21.1. The minimum absolute atomic E-state index is 0.0423. The molecule has 1 fully saturated rings. The molecule has 0 saturated carbocycles. The second-order valence-electron chi connectivity index (χ2n) is 8.87. The maximum absolute atomic E-state index is 14.0. The van der Waals surface area contributed by atoms with Crippen LogP contribution in [-0.2, 0) is 13.0 Å². The van der Waals surface area contributed by atoms with Crippen LogP contribution in [-0.4, -0.2) is 35.4 Å². The molecule has 0 atom stereocenters. The fraction of sp³-hybridized carbons (Fsp3) is 0.357. The third-order valence-electron chi connectivity index (χ3n) is 6.41. The van der Waals surface area contributed by atoms with Crippen LogP contribution >= 0.6 is 0 Å². The molecule has 0 aliphatic carbocycles. The highest BCUT2D eigenvalue weighted by molar-refractivity contribution is 5.95. The van der Waals surface area contributed by atoms with E-state index < -0.39 is 0 Å². The Bertz CT molecular complexity index is 1060. The molecule has 4 rings (SSSR count). The van der Waals surface area contributed by atoms with E-state index in [0.717, 1.165) is 55.7 Å². The number of carbonyl (C=O) groups is 1. The Balaban J connectivity index is 1.34. The van der Waals surface area contributed by atoms with Crippen LogP contribution in [0.2, 0.25) is 0 Å². The summed E-state index contributed by atoms with van der Waals surface area (Å²) < 4.78 is 14.0. The van der Waals surface area contributed by atoms with E-state index in [0.29, 0.717) is 18.7 Å². The Hall–Kier alpha value is -3.05. The molecule has 4 nitrogen and oxygen atoms in total. The summed E-state index contributed by atoms with van der Waals surface area (Å²) in [6.07, 6.45) is 3.68. The highest BCUT2D eigenvalue weighted by Crippen LogP contribution is 2.30. The van der Waals surface area contributed by atoms with Crippen molar-refractivity contribution < 1.29 is 9.18 Å². The molecule has 2 heterocycles. The second kappa shape index (κ2) is 11.2. The molecular formula is C28H32FN3O. The van der Waals surface area contributed by atoms with Crippen LogP contribution < -0.4 is 5.32 Å². The van der Waals surface area contributed by atoms with Crippen molar-refractivity contribution in [3.8, 4) is 0 Å². The summed E-state index contributed by atoms with van der Waals surface area (Å²) in [7, 11) is 0. The van der Waals surface area contributed by atoms with Gasteiger partial charge in [0.1, 0.15) is 5.82 Å². The summed E-state index contributed by atoms with van der Waals surface area (Å²) in [5, 5.41) is 3.08. The summed E-state index contributed by atoms with van der Waals surface area (Å²) >= 11 is 0. The molecule has 1 saturated heterocycles. The van der Waals surface area contributed by atoms with Crippen molar-refractivity contribution in [2.24, 2.45) is 0 Å². The molecule has 172 valence electrons. The number of benzene rings is 2. The Morgan fingerprint density at radius 3 is 2.52 bits per heavy atom. The number of piperidine rings is 1. The van der Waals surface area contributed by atoms with E-state index in [1.165, 1.54) is 11.6 Å². The summed E-state index contributed by atoms with van der Waals surface area (Å²) in [4.78, 5) is 20.0. The topological polar surface area (TPSA) is 45.2 Å². The number of nitrogens with zero attached hydrogens (tertiary/aromatic N) is 2. The van der Waals surface area contributed by atoms with Gasteiger partial charge in [0.25, 0.3) is 5.91 Å². The normalized spacial score (nSPS) is 14.8. The van der Waals surface area contributed by atoms with Gasteiger partial charge in [0, 0.05) is 30.3 Å².